The summed E-state index contributed by atoms with van der Waals surface area (Å²) in [7, 11) is -6.85. The second-order valence-corrected chi connectivity index (χ2v) is 8.56. The van der Waals surface area contributed by atoms with E-state index in [4.69, 9.17) is 5.73 Å². The molecule has 0 aliphatic carbocycles. The van der Waals surface area contributed by atoms with Gasteiger partial charge < -0.3 is 5.73 Å². The van der Waals surface area contributed by atoms with E-state index < -0.39 is 19.9 Å². The minimum Gasteiger partial charge on any atom is -0.330 e. The Kier molecular flexibility index (Phi) is 6.12. The highest BCUT2D eigenvalue weighted by Gasteiger charge is 2.15. The lowest BCUT2D eigenvalue weighted by Crippen LogP contribution is -2.29. The summed E-state index contributed by atoms with van der Waals surface area (Å²) in [5.41, 5.74) is 6.37. The maximum Gasteiger partial charge on any atom is 0.240 e. The average molecular weight is 320 g/mol. The molecular weight excluding hydrogens is 300 g/mol. The highest BCUT2D eigenvalue weighted by atomic mass is 32.2. The first kappa shape index (κ1) is 17.1. The molecule has 20 heavy (non-hydrogen) atoms. The van der Waals surface area contributed by atoms with Crippen molar-refractivity contribution >= 4 is 19.9 Å². The molecule has 114 valence electrons. The predicted octanol–water partition coefficient (Wildman–Crippen LogP) is -0.0992. The third kappa shape index (κ3) is 5.20. The van der Waals surface area contributed by atoms with Crippen LogP contribution in [0.3, 0.4) is 0 Å². The van der Waals surface area contributed by atoms with Crippen molar-refractivity contribution in [3.63, 3.8) is 0 Å². The van der Waals surface area contributed by atoms with Gasteiger partial charge in [-0.1, -0.05) is 19.1 Å². The van der Waals surface area contributed by atoms with Crippen molar-refractivity contribution in [2.45, 2.75) is 18.2 Å². The standard InChI is InChI=1S/C12H20N2O4S2/c1-2-19(15,16)10-9-14-20(17,18)12-5-3-11(4-6-12)7-8-13/h3-6,14H,2,7-10,13H2,1H3. The van der Waals surface area contributed by atoms with Gasteiger partial charge in [-0.05, 0) is 30.7 Å². The van der Waals surface area contributed by atoms with Gasteiger partial charge in [0.25, 0.3) is 0 Å². The summed E-state index contributed by atoms with van der Waals surface area (Å²) in [6.45, 7) is 1.91. The first-order valence-corrected chi connectivity index (χ1v) is 9.60. The van der Waals surface area contributed by atoms with Crippen LogP contribution in [0, 0.1) is 0 Å². The fraction of sp³-hybridized carbons (Fsp3) is 0.500. The smallest absolute Gasteiger partial charge is 0.240 e. The largest absolute Gasteiger partial charge is 0.330 e. The third-order valence-corrected chi connectivity index (χ3v) is 5.99. The monoisotopic (exact) mass is 320 g/mol. The zero-order valence-corrected chi connectivity index (χ0v) is 13.0. The van der Waals surface area contributed by atoms with E-state index in [1.54, 1.807) is 12.1 Å². The predicted molar refractivity (Wildman–Crippen MR) is 78.7 cm³/mol. The van der Waals surface area contributed by atoms with Gasteiger partial charge in [0.05, 0.1) is 10.6 Å². The molecule has 0 radical (unpaired) electrons. The maximum atomic E-state index is 11.9. The SMILES string of the molecule is CCS(=O)(=O)CCNS(=O)(=O)c1ccc(CCN)cc1. The zero-order chi connectivity index (χ0) is 15.2. The van der Waals surface area contributed by atoms with E-state index in [0.29, 0.717) is 13.0 Å². The summed E-state index contributed by atoms with van der Waals surface area (Å²) in [5, 5.41) is 0. The molecule has 0 aliphatic heterocycles. The summed E-state index contributed by atoms with van der Waals surface area (Å²) in [5.74, 6) is -0.198. The number of nitrogens with one attached hydrogen (secondary N) is 1. The van der Waals surface area contributed by atoms with Crippen LogP contribution in [0.1, 0.15) is 12.5 Å². The van der Waals surface area contributed by atoms with Crippen LogP contribution in [0.4, 0.5) is 0 Å². The van der Waals surface area contributed by atoms with Gasteiger partial charge in [0.1, 0.15) is 0 Å². The molecule has 0 saturated heterocycles. The van der Waals surface area contributed by atoms with E-state index in [1.807, 2.05) is 0 Å². The van der Waals surface area contributed by atoms with Crippen molar-refractivity contribution < 1.29 is 16.8 Å². The molecule has 0 atom stereocenters. The Balaban J connectivity index is 2.69. The van der Waals surface area contributed by atoms with Crippen molar-refractivity contribution in [1.82, 2.24) is 4.72 Å². The van der Waals surface area contributed by atoms with Gasteiger partial charge in [-0.15, -0.1) is 0 Å². The molecule has 0 fully saturated rings. The quantitative estimate of drug-likeness (QED) is 0.696. The first-order valence-electron chi connectivity index (χ1n) is 6.30. The van der Waals surface area contributed by atoms with Gasteiger partial charge >= 0.3 is 0 Å². The van der Waals surface area contributed by atoms with Crippen LogP contribution < -0.4 is 10.5 Å². The fourth-order valence-corrected chi connectivity index (χ4v) is 3.42. The molecule has 0 unspecified atom stereocenters. The van der Waals surface area contributed by atoms with E-state index >= 15 is 0 Å². The molecule has 0 aromatic heterocycles. The van der Waals surface area contributed by atoms with Crippen LogP contribution in [0.25, 0.3) is 0 Å². The first-order chi connectivity index (χ1) is 9.30. The molecule has 0 spiro atoms. The topological polar surface area (TPSA) is 106 Å². The van der Waals surface area contributed by atoms with E-state index in [9.17, 15) is 16.8 Å². The van der Waals surface area contributed by atoms with Gasteiger partial charge in [-0.3, -0.25) is 0 Å². The van der Waals surface area contributed by atoms with Gasteiger partial charge in [-0.2, -0.15) is 0 Å². The van der Waals surface area contributed by atoms with Crippen LogP contribution >= 0.6 is 0 Å². The second kappa shape index (κ2) is 7.16. The Bertz CT molecular complexity index is 622. The second-order valence-electron chi connectivity index (χ2n) is 4.32. The highest BCUT2D eigenvalue weighted by Crippen LogP contribution is 2.10. The lowest BCUT2D eigenvalue weighted by atomic mass is 10.2. The van der Waals surface area contributed by atoms with E-state index in [0.717, 1.165) is 5.56 Å². The lowest BCUT2D eigenvalue weighted by molar-refractivity contribution is 0.581. The van der Waals surface area contributed by atoms with E-state index in [2.05, 4.69) is 4.72 Å². The summed E-state index contributed by atoms with van der Waals surface area (Å²) in [4.78, 5) is 0.118. The molecule has 3 N–H and O–H groups in total. The highest BCUT2D eigenvalue weighted by molar-refractivity contribution is 7.91. The van der Waals surface area contributed by atoms with Crippen LogP contribution in [-0.2, 0) is 26.3 Å². The molecule has 0 bridgehead atoms. The molecule has 0 saturated carbocycles. The van der Waals surface area contributed by atoms with Gasteiger partial charge in [0, 0.05) is 12.3 Å². The number of rotatable bonds is 8. The van der Waals surface area contributed by atoms with E-state index in [1.165, 1.54) is 19.1 Å². The van der Waals surface area contributed by atoms with Crippen LogP contribution in [0.15, 0.2) is 29.2 Å². The van der Waals surface area contributed by atoms with Crippen molar-refractivity contribution in [3.05, 3.63) is 29.8 Å². The molecular formula is C12H20N2O4S2. The number of sulfonamides is 1. The van der Waals surface area contributed by atoms with Gasteiger partial charge in [0.2, 0.25) is 10.0 Å². The molecule has 8 heteroatoms. The number of nitrogens with two attached hydrogens (primary N) is 1. The van der Waals surface area contributed by atoms with Crippen LogP contribution in [0.2, 0.25) is 0 Å². The maximum absolute atomic E-state index is 11.9. The molecule has 6 nitrogen and oxygen atoms in total. The minimum absolute atomic E-state index is 0.00249. The number of hydrogen-bond acceptors (Lipinski definition) is 5. The molecule has 1 aromatic carbocycles. The number of hydrogen-bond donors (Lipinski definition) is 2. The molecule has 1 aromatic rings. The number of benzene rings is 1. The summed E-state index contributed by atoms with van der Waals surface area (Å²) in [6.07, 6.45) is 0.683. The summed E-state index contributed by atoms with van der Waals surface area (Å²) >= 11 is 0. The molecule has 1 rings (SSSR count). The van der Waals surface area contributed by atoms with Crippen molar-refractivity contribution in [2.75, 3.05) is 24.6 Å². The molecule has 0 aliphatic rings. The van der Waals surface area contributed by atoms with Crippen molar-refractivity contribution in [2.24, 2.45) is 5.73 Å². The Hall–Kier alpha value is -0.960. The van der Waals surface area contributed by atoms with Crippen molar-refractivity contribution in [3.8, 4) is 0 Å². The van der Waals surface area contributed by atoms with Crippen LogP contribution in [0.5, 0.6) is 0 Å². The van der Waals surface area contributed by atoms with E-state index in [-0.39, 0.29) is 22.9 Å². The van der Waals surface area contributed by atoms with Gasteiger partial charge in [-0.25, -0.2) is 21.6 Å². The van der Waals surface area contributed by atoms with Crippen LogP contribution in [-0.4, -0.2) is 41.4 Å². The van der Waals surface area contributed by atoms with Crippen molar-refractivity contribution in [1.29, 1.82) is 0 Å². The normalized spacial score (nSPS) is 12.5. The Labute approximate surface area is 120 Å². The average Bonchev–Trinajstić information content (AvgIpc) is 2.39. The minimum atomic E-state index is -3.67. The molecule has 0 heterocycles. The summed E-state index contributed by atoms with van der Waals surface area (Å²) in [6, 6.07) is 6.37. The molecule has 0 amide bonds. The zero-order valence-electron chi connectivity index (χ0n) is 11.4. The third-order valence-electron chi connectivity index (χ3n) is 2.81. The van der Waals surface area contributed by atoms with Gasteiger partial charge in [0.15, 0.2) is 9.84 Å². The Morgan fingerprint density at radius 1 is 1.10 bits per heavy atom. The lowest BCUT2D eigenvalue weighted by Gasteiger charge is -2.07. The Morgan fingerprint density at radius 3 is 2.20 bits per heavy atom. The Morgan fingerprint density at radius 2 is 1.70 bits per heavy atom. The fourth-order valence-electron chi connectivity index (χ4n) is 1.56. The summed E-state index contributed by atoms with van der Waals surface area (Å²) < 4.78 is 48.8. The number of sulfone groups is 1.